The van der Waals surface area contributed by atoms with E-state index >= 15 is 0 Å². The number of benzene rings is 2. The van der Waals surface area contributed by atoms with Crippen molar-refractivity contribution in [3.63, 3.8) is 0 Å². The Morgan fingerprint density at radius 1 is 0.444 bits per heavy atom. The molecular formula is C12H14O6. The van der Waals surface area contributed by atoms with Crippen molar-refractivity contribution in [3.05, 3.63) is 36.4 Å². The predicted octanol–water partition coefficient (Wildman–Crippen LogP) is 0.527. The molecule has 0 atom stereocenters. The van der Waals surface area contributed by atoms with Crippen molar-refractivity contribution >= 4 is 0 Å². The fourth-order valence-corrected chi connectivity index (χ4v) is 1.52. The summed E-state index contributed by atoms with van der Waals surface area (Å²) in [6, 6.07) is 8.10. The molecule has 2 rings (SSSR count). The maximum Gasteiger partial charge on any atom is 0.119 e. The zero-order valence-corrected chi connectivity index (χ0v) is 9.25. The van der Waals surface area contributed by atoms with Gasteiger partial charge in [0.25, 0.3) is 0 Å². The Kier molecular flexibility index (Phi) is 4.98. The van der Waals surface area contributed by atoms with Gasteiger partial charge < -0.3 is 31.4 Å². The van der Waals surface area contributed by atoms with E-state index in [1.807, 2.05) is 0 Å². The second-order valence-electron chi connectivity index (χ2n) is 3.48. The third kappa shape index (κ3) is 3.27. The average molecular weight is 254 g/mol. The van der Waals surface area contributed by atoms with Crippen LogP contribution in [0, 0.1) is 0 Å². The molecular weight excluding hydrogens is 240 g/mol. The lowest BCUT2D eigenvalue weighted by atomic mass is 10.0. The molecule has 0 amide bonds. The Labute approximate surface area is 103 Å². The molecule has 2 aromatic carbocycles. The highest BCUT2D eigenvalue weighted by molar-refractivity contribution is 5.69. The van der Waals surface area contributed by atoms with E-state index < -0.39 is 0 Å². The van der Waals surface area contributed by atoms with Crippen LogP contribution in [0.2, 0.25) is 0 Å². The lowest BCUT2D eigenvalue weighted by molar-refractivity contribution is 0.448. The van der Waals surface area contributed by atoms with E-state index in [-0.39, 0.29) is 34.0 Å². The molecule has 18 heavy (non-hydrogen) atoms. The average Bonchev–Trinajstić information content (AvgIpc) is 2.14. The van der Waals surface area contributed by atoms with Crippen LogP contribution in [0.1, 0.15) is 0 Å². The maximum absolute atomic E-state index is 9.31. The van der Waals surface area contributed by atoms with E-state index in [1.165, 1.54) is 36.4 Å². The molecule has 0 saturated heterocycles. The number of phenols is 4. The third-order valence-electron chi connectivity index (χ3n) is 2.14. The molecule has 8 N–H and O–H groups in total. The molecule has 6 nitrogen and oxygen atoms in total. The van der Waals surface area contributed by atoms with Gasteiger partial charge in [0.2, 0.25) is 0 Å². The quantitative estimate of drug-likeness (QED) is 0.588. The van der Waals surface area contributed by atoms with Crippen molar-refractivity contribution in [1.29, 1.82) is 0 Å². The fourth-order valence-electron chi connectivity index (χ4n) is 1.52. The van der Waals surface area contributed by atoms with Crippen LogP contribution >= 0.6 is 0 Å². The first-order valence-electron chi connectivity index (χ1n) is 4.61. The molecule has 0 bridgehead atoms. The minimum absolute atomic E-state index is 0. The predicted molar refractivity (Wildman–Crippen MR) is 65.8 cm³/mol. The molecule has 6 heteroatoms. The standard InChI is InChI=1S/C12H10O4.2H2O/c13-9-1-7(2-10(14)5-9)8-3-11(15)6-12(16)4-8;;/h1-6,13-16H;2*1H2. The van der Waals surface area contributed by atoms with Crippen LogP contribution in [0.4, 0.5) is 0 Å². The normalized spacial score (nSPS) is 9.11. The smallest absolute Gasteiger partial charge is 0.119 e. The van der Waals surface area contributed by atoms with Crippen LogP contribution in [-0.2, 0) is 0 Å². The monoisotopic (exact) mass is 254 g/mol. The summed E-state index contributed by atoms with van der Waals surface area (Å²) in [4.78, 5) is 0. The Balaban J connectivity index is 0.00000144. The number of hydrogen-bond acceptors (Lipinski definition) is 4. The molecule has 0 aliphatic heterocycles. The Hall–Kier alpha value is -2.44. The van der Waals surface area contributed by atoms with E-state index in [4.69, 9.17) is 0 Å². The van der Waals surface area contributed by atoms with Gasteiger partial charge in [0.1, 0.15) is 23.0 Å². The van der Waals surface area contributed by atoms with Gasteiger partial charge in [0, 0.05) is 12.1 Å². The van der Waals surface area contributed by atoms with Crippen LogP contribution in [0.3, 0.4) is 0 Å². The Morgan fingerprint density at radius 2 is 0.667 bits per heavy atom. The maximum atomic E-state index is 9.31. The van der Waals surface area contributed by atoms with Gasteiger partial charge in [-0.2, -0.15) is 0 Å². The van der Waals surface area contributed by atoms with Gasteiger partial charge in [-0.05, 0) is 35.4 Å². The molecule has 0 heterocycles. The van der Waals surface area contributed by atoms with E-state index in [0.717, 1.165) is 0 Å². The Morgan fingerprint density at radius 3 is 0.889 bits per heavy atom. The largest absolute Gasteiger partial charge is 0.508 e. The van der Waals surface area contributed by atoms with Crippen molar-refractivity contribution in [3.8, 4) is 34.1 Å². The van der Waals surface area contributed by atoms with Gasteiger partial charge in [-0.3, -0.25) is 0 Å². The van der Waals surface area contributed by atoms with Gasteiger partial charge in [0.15, 0.2) is 0 Å². The van der Waals surface area contributed by atoms with Crippen molar-refractivity contribution < 1.29 is 31.4 Å². The van der Waals surface area contributed by atoms with Crippen molar-refractivity contribution in [2.24, 2.45) is 0 Å². The first kappa shape index (κ1) is 15.6. The summed E-state index contributed by atoms with van der Waals surface area (Å²) in [7, 11) is 0. The van der Waals surface area contributed by atoms with Gasteiger partial charge in [-0.15, -0.1) is 0 Å². The summed E-state index contributed by atoms with van der Waals surface area (Å²) in [6.07, 6.45) is 0. The Bertz CT molecular complexity index is 448. The molecule has 0 fully saturated rings. The summed E-state index contributed by atoms with van der Waals surface area (Å²) in [5.74, 6) is -0.341. The van der Waals surface area contributed by atoms with Crippen LogP contribution in [0.5, 0.6) is 23.0 Å². The first-order chi connectivity index (χ1) is 7.54. The van der Waals surface area contributed by atoms with E-state index in [1.54, 1.807) is 0 Å². The van der Waals surface area contributed by atoms with E-state index in [0.29, 0.717) is 11.1 Å². The van der Waals surface area contributed by atoms with Crippen molar-refractivity contribution in [2.75, 3.05) is 0 Å². The van der Waals surface area contributed by atoms with E-state index in [9.17, 15) is 20.4 Å². The highest BCUT2D eigenvalue weighted by Crippen LogP contribution is 2.32. The number of hydrogen-bond donors (Lipinski definition) is 4. The minimum atomic E-state index is -0.0853. The fraction of sp³-hybridized carbons (Fsp3) is 0. The lowest BCUT2D eigenvalue weighted by Gasteiger charge is -2.05. The van der Waals surface area contributed by atoms with Crippen LogP contribution < -0.4 is 0 Å². The van der Waals surface area contributed by atoms with Crippen LogP contribution in [0.25, 0.3) is 11.1 Å². The molecule has 0 aliphatic carbocycles. The van der Waals surface area contributed by atoms with Crippen LogP contribution in [-0.4, -0.2) is 31.4 Å². The molecule has 0 aromatic heterocycles. The summed E-state index contributed by atoms with van der Waals surface area (Å²) >= 11 is 0. The molecule has 0 spiro atoms. The topological polar surface area (TPSA) is 144 Å². The molecule has 0 saturated carbocycles. The van der Waals surface area contributed by atoms with Crippen molar-refractivity contribution in [2.45, 2.75) is 0 Å². The molecule has 2 aromatic rings. The summed E-state index contributed by atoms with van der Waals surface area (Å²) in [6.45, 7) is 0. The molecule has 98 valence electrons. The first-order valence-corrected chi connectivity index (χ1v) is 4.61. The number of rotatable bonds is 1. The molecule has 0 radical (unpaired) electrons. The number of phenolic OH excluding ortho intramolecular Hbond substituents is 4. The van der Waals surface area contributed by atoms with E-state index in [2.05, 4.69) is 0 Å². The molecule has 0 unspecified atom stereocenters. The number of aromatic hydroxyl groups is 4. The molecule has 0 aliphatic rings. The minimum Gasteiger partial charge on any atom is -0.508 e. The van der Waals surface area contributed by atoms with Gasteiger partial charge in [-0.1, -0.05) is 0 Å². The second-order valence-corrected chi connectivity index (χ2v) is 3.48. The second kappa shape index (κ2) is 5.76. The summed E-state index contributed by atoms with van der Waals surface area (Å²) in [5, 5.41) is 37.2. The van der Waals surface area contributed by atoms with Crippen LogP contribution in [0.15, 0.2) is 36.4 Å². The van der Waals surface area contributed by atoms with Gasteiger partial charge in [-0.25, -0.2) is 0 Å². The van der Waals surface area contributed by atoms with Gasteiger partial charge >= 0.3 is 0 Å². The van der Waals surface area contributed by atoms with Crippen molar-refractivity contribution in [1.82, 2.24) is 0 Å². The zero-order valence-electron chi connectivity index (χ0n) is 9.25. The highest BCUT2D eigenvalue weighted by atomic mass is 16.3. The van der Waals surface area contributed by atoms with Gasteiger partial charge in [0.05, 0.1) is 0 Å². The summed E-state index contributed by atoms with van der Waals surface area (Å²) in [5.41, 5.74) is 1.01. The zero-order chi connectivity index (χ0) is 11.7. The lowest BCUT2D eigenvalue weighted by Crippen LogP contribution is -1.78. The SMILES string of the molecule is O.O.Oc1cc(O)cc(-c2cc(O)cc(O)c2)c1. The summed E-state index contributed by atoms with van der Waals surface area (Å²) < 4.78 is 0. The highest BCUT2D eigenvalue weighted by Gasteiger charge is 2.05. The third-order valence-corrected chi connectivity index (χ3v) is 2.14.